The molecule has 2 aromatic rings. The number of hydrogen-bond donors (Lipinski definition) is 2. The largest absolute Gasteiger partial charge is 0.325 e. The molecule has 5 heteroatoms. The van der Waals surface area contributed by atoms with Gasteiger partial charge in [0.1, 0.15) is 5.82 Å². The molecule has 1 aliphatic heterocycles. The summed E-state index contributed by atoms with van der Waals surface area (Å²) in [6.07, 6.45) is 0.623. The number of anilines is 1. The Morgan fingerprint density at radius 2 is 2.00 bits per heavy atom. The van der Waals surface area contributed by atoms with Crippen molar-refractivity contribution in [2.75, 3.05) is 5.32 Å². The van der Waals surface area contributed by atoms with Gasteiger partial charge >= 0.3 is 0 Å². The van der Waals surface area contributed by atoms with E-state index in [0.29, 0.717) is 18.7 Å². The summed E-state index contributed by atoms with van der Waals surface area (Å²) in [6, 6.07) is 11.9. The van der Waals surface area contributed by atoms with Crippen LogP contribution in [0.25, 0.3) is 0 Å². The molecule has 1 aliphatic rings. The number of benzene rings is 2. The molecule has 0 aliphatic carbocycles. The fourth-order valence-corrected chi connectivity index (χ4v) is 2.56. The molecule has 2 aromatic carbocycles. The molecule has 0 radical (unpaired) electrons. The van der Waals surface area contributed by atoms with Gasteiger partial charge in [-0.2, -0.15) is 0 Å². The Bertz CT molecular complexity index is 690. The Hall–Kier alpha value is -1.91. The number of amides is 1. The maximum atomic E-state index is 13.4. The lowest BCUT2D eigenvalue weighted by Gasteiger charge is -2.25. The van der Waals surface area contributed by atoms with Crippen LogP contribution < -0.4 is 10.6 Å². The Morgan fingerprint density at radius 3 is 2.76 bits per heavy atom. The van der Waals surface area contributed by atoms with Crippen molar-refractivity contribution in [1.29, 1.82) is 0 Å². The third-order valence-electron chi connectivity index (χ3n) is 3.58. The summed E-state index contributed by atoms with van der Waals surface area (Å²) in [5, 5.41) is 5.94. The van der Waals surface area contributed by atoms with Gasteiger partial charge in [-0.25, -0.2) is 4.39 Å². The van der Waals surface area contributed by atoms with Crippen LogP contribution in [0.1, 0.15) is 11.1 Å². The van der Waals surface area contributed by atoms with Crippen molar-refractivity contribution >= 4 is 23.2 Å². The van der Waals surface area contributed by atoms with Gasteiger partial charge in [-0.15, -0.1) is 0 Å². The highest BCUT2D eigenvalue weighted by Gasteiger charge is 2.23. The number of carbonyl (C=O) groups excluding carboxylic acids is 1. The first kappa shape index (κ1) is 14.0. The normalized spacial score (nSPS) is 17.1. The van der Waals surface area contributed by atoms with E-state index >= 15 is 0 Å². The van der Waals surface area contributed by atoms with Crippen molar-refractivity contribution in [3.63, 3.8) is 0 Å². The molecule has 0 unspecified atom stereocenters. The second-order valence-corrected chi connectivity index (χ2v) is 5.43. The number of hydrogen-bond acceptors (Lipinski definition) is 2. The monoisotopic (exact) mass is 304 g/mol. The van der Waals surface area contributed by atoms with Crippen LogP contribution in [0.4, 0.5) is 10.1 Å². The molecular weight excluding hydrogens is 291 g/mol. The van der Waals surface area contributed by atoms with Gasteiger partial charge in [-0.05, 0) is 35.7 Å². The number of fused-ring (bicyclic) bond motifs is 1. The summed E-state index contributed by atoms with van der Waals surface area (Å²) in [5.74, 6) is -0.720. The van der Waals surface area contributed by atoms with E-state index in [1.807, 2.05) is 24.3 Å². The van der Waals surface area contributed by atoms with E-state index in [1.54, 1.807) is 6.07 Å². The highest BCUT2D eigenvalue weighted by atomic mass is 35.5. The number of rotatable bonds is 2. The Morgan fingerprint density at radius 1 is 1.24 bits per heavy atom. The zero-order chi connectivity index (χ0) is 14.8. The molecule has 0 spiro atoms. The van der Waals surface area contributed by atoms with E-state index in [0.717, 1.165) is 0 Å². The van der Waals surface area contributed by atoms with Gasteiger partial charge in [0.15, 0.2) is 0 Å². The highest BCUT2D eigenvalue weighted by molar-refractivity contribution is 6.30. The molecule has 1 amide bonds. The molecule has 0 saturated carbocycles. The van der Waals surface area contributed by atoms with Gasteiger partial charge in [0.05, 0.1) is 11.1 Å². The second-order valence-electron chi connectivity index (χ2n) is 5.02. The first-order valence-corrected chi connectivity index (χ1v) is 7.07. The lowest BCUT2D eigenvalue weighted by atomic mass is 9.95. The Balaban J connectivity index is 1.70. The minimum atomic E-state index is -0.545. The smallest absolute Gasteiger partial charge is 0.241 e. The SMILES string of the molecule is O=C(Nc1ccc(Cl)c(F)c1)[C@@H]1Cc2ccccc2CN1. The van der Waals surface area contributed by atoms with Crippen LogP contribution in [0.2, 0.25) is 5.02 Å². The van der Waals surface area contributed by atoms with Crippen LogP contribution in [0.5, 0.6) is 0 Å². The summed E-state index contributed by atoms with van der Waals surface area (Å²) < 4.78 is 13.4. The van der Waals surface area contributed by atoms with Gasteiger partial charge < -0.3 is 10.6 Å². The zero-order valence-corrected chi connectivity index (χ0v) is 12.0. The van der Waals surface area contributed by atoms with Crippen LogP contribution in [-0.2, 0) is 17.8 Å². The third-order valence-corrected chi connectivity index (χ3v) is 3.89. The van der Waals surface area contributed by atoms with Gasteiger partial charge in [0.25, 0.3) is 0 Å². The van der Waals surface area contributed by atoms with Crippen molar-refractivity contribution in [3.8, 4) is 0 Å². The molecule has 2 N–H and O–H groups in total. The fourth-order valence-electron chi connectivity index (χ4n) is 2.44. The molecule has 0 bridgehead atoms. The van der Waals surface area contributed by atoms with Crippen LogP contribution in [0.15, 0.2) is 42.5 Å². The second kappa shape index (κ2) is 5.84. The third kappa shape index (κ3) is 3.06. The van der Waals surface area contributed by atoms with E-state index in [4.69, 9.17) is 11.6 Å². The van der Waals surface area contributed by atoms with Gasteiger partial charge in [-0.1, -0.05) is 35.9 Å². The molecule has 108 valence electrons. The predicted octanol–water partition coefficient (Wildman–Crippen LogP) is 3.13. The molecule has 0 aromatic heterocycles. The van der Waals surface area contributed by atoms with Crippen LogP contribution >= 0.6 is 11.6 Å². The maximum Gasteiger partial charge on any atom is 0.241 e. The minimum absolute atomic E-state index is 0.0396. The standard InChI is InChI=1S/C16H14ClFN2O/c17-13-6-5-12(8-14(13)18)20-16(21)15-7-10-3-1-2-4-11(10)9-19-15/h1-6,8,15,19H,7,9H2,(H,20,21)/t15-/m0/s1. The van der Waals surface area contributed by atoms with Crippen molar-refractivity contribution in [1.82, 2.24) is 5.32 Å². The molecule has 21 heavy (non-hydrogen) atoms. The van der Waals surface area contributed by atoms with Crippen LogP contribution in [0, 0.1) is 5.82 Å². The van der Waals surface area contributed by atoms with E-state index in [9.17, 15) is 9.18 Å². The number of halogens is 2. The van der Waals surface area contributed by atoms with E-state index in [-0.39, 0.29) is 17.0 Å². The van der Waals surface area contributed by atoms with E-state index in [2.05, 4.69) is 10.6 Å². The van der Waals surface area contributed by atoms with E-state index < -0.39 is 5.82 Å². The molecule has 3 nitrogen and oxygen atoms in total. The van der Waals surface area contributed by atoms with Crippen molar-refractivity contribution < 1.29 is 9.18 Å². The molecule has 0 saturated heterocycles. The van der Waals surface area contributed by atoms with Crippen LogP contribution in [0.3, 0.4) is 0 Å². The van der Waals surface area contributed by atoms with E-state index in [1.165, 1.54) is 23.3 Å². The van der Waals surface area contributed by atoms with Crippen molar-refractivity contribution in [2.45, 2.75) is 19.0 Å². The summed E-state index contributed by atoms with van der Waals surface area (Å²) in [7, 11) is 0. The first-order valence-electron chi connectivity index (χ1n) is 6.69. The van der Waals surface area contributed by atoms with Crippen molar-refractivity contribution in [2.24, 2.45) is 0 Å². The van der Waals surface area contributed by atoms with Crippen LogP contribution in [-0.4, -0.2) is 11.9 Å². The Labute approximate surface area is 127 Å². The molecule has 1 heterocycles. The molecular formula is C16H14ClFN2O. The predicted molar refractivity (Wildman–Crippen MR) is 80.8 cm³/mol. The Kier molecular flexibility index (Phi) is 3.90. The highest BCUT2D eigenvalue weighted by Crippen LogP contribution is 2.20. The number of carbonyl (C=O) groups is 1. The molecule has 3 rings (SSSR count). The minimum Gasteiger partial charge on any atom is -0.325 e. The molecule has 1 atom stereocenters. The number of nitrogens with one attached hydrogen (secondary N) is 2. The zero-order valence-electron chi connectivity index (χ0n) is 11.2. The summed E-state index contributed by atoms with van der Waals surface area (Å²) in [5.41, 5.74) is 2.78. The average molecular weight is 305 g/mol. The maximum absolute atomic E-state index is 13.4. The fraction of sp³-hybridized carbons (Fsp3) is 0.188. The van der Waals surface area contributed by atoms with Gasteiger partial charge in [-0.3, -0.25) is 4.79 Å². The summed E-state index contributed by atoms with van der Waals surface area (Å²) >= 11 is 5.62. The van der Waals surface area contributed by atoms with Gasteiger partial charge in [0.2, 0.25) is 5.91 Å². The summed E-state index contributed by atoms with van der Waals surface area (Å²) in [6.45, 7) is 0.656. The van der Waals surface area contributed by atoms with Gasteiger partial charge in [0, 0.05) is 12.2 Å². The molecule has 0 fully saturated rings. The topological polar surface area (TPSA) is 41.1 Å². The first-order chi connectivity index (χ1) is 10.1. The quantitative estimate of drug-likeness (QED) is 0.895. The van der Waals surface area contributed by atoms with Crippen molar-refractivity contribution in [3.05, 3.63) is 64.4 Å². The summed E-state index contributed by atoms with van der Waals surface area (Å²) in [4.78, 5) is 12.2. The average Bonchev–Trinajstić information content (AvgIpc) is 2.50. The lowest BCUT2D eigenvalue weighted by Crippen LogP contribution is -2.44. The lowest BCUT2D eigenvalue weighted by molar-refractivity contribution is -0.118.